The molecule has 0 atom stereocenters. The van der Waals surface area contributed by atoms with Crippen molar-refractivity contribution in [1.82, 2.24) is 9.55 Å². The highest BCUT2D eigenvalue weighted by molar-refractivity contribution is 4.96. The number of imidazole rings is 1. The third-order valence-electron chi connectivity index (χ3n) is 1.64. The van der Waals surface area contributed by atoms with E-state index in [2.05, 4.69) is 11.9 Å². The van der Waals surface area contributed by atoms with Crippen molar-refractivity contribution in [1.29, 1.82) is 0 Å². The Kier molecular flexibility index (Phi) is 2.02. The predicted octanol–water partition coefficient (Wildman–Crippen LogP) is 1.76. The van der Waals surface area contributed by atoms with Crippen molar-refractivity contribution in [2.45, 2.75) is 26.2 Å². The van der Waals surface area contributed by atoms with Crippen LogP contribution in [0.1, 0.15) is 26.8 Å². The van der Waals surface area contributed by atoms with Crippen molar-refractivity contribution in [2.75, 3.05) is 0 Å². The molecule has 2 nitrogen and oxygen atoms in total. The van der Waals surface area contributed by atoms with Crippen LogP contribution in [0.4, 0.5) is 0 Å². The highest BCUT2D eigenvalue weighted by Crippen LogP contribution is 2.01. The van der Waals surface area contributed by atoms with Gasteiger partial charge in [-0.2, -0.15) is 0 Å². The van der Waals surface area contributed by atoms with Crippen molar-refractivity contribution in [3.8, 4) is 0 Å². The van der Waals surface area contributed by atoms with Gasteiger partial charge in [0.2, 0.25) is 0 Å². The quantitative estimate of drug-likeness (QED) is 0.624. The van der Waals surface area contributed by atoms with Crippen molar-refractivity contribution in [3.63, 3.8) is 0 Å². The van der Waals surface area contributed by atoms with E-state index in [1.165, 1.54) is 12.8 Å². The Labute approximate surface area is 63.3 Å². The second kappa shape index (κ2) is 3.40. The highest BCUT2D eigenvalue weighted by Gasteiger charge is 1.94. The average molecular weight is 139 g/mol. The molecule has 56 valence electrons. The Morgan fingerprint density at radius 1 is 1.80 bits per heavy atom. The molecule has 0 aromatic carbocycles. The van der Waals surface area contributed by atoms with Crippen molar-refractivity contribution in [3.05, 3.63) is 18.2 Å². The highest BCUT2D eigenvalue weighted by atomic mass is 15.0. The van der Waals surface area contributed by atoms with E-state index in [1.54, 1.807) is 6.20 Å². The largest absolute Gasteiger partial charge is 0.338 e. The minimum atomic E-state index is 0.358. The average Bonchev–Trinajstić information content (AvgIpc) is 2.31. The summed E-state index contributed by atoms with van der Waals surface area (Å²) in [6, 6.07) is 0. The molecule has 0 saturated heterocycles. The third-order valence-corrected chi connectivity index (χ3v) is 1.64. The summed E-state index contributed by atoms with van der Waals surface area (Å²) in [6.45, 7) is 2.16. The van der Waals surface area contributed by atoms with Gasteiger partial charge in [0.15, 0.2) is 0 Å². The molecule has 1 heterocycles. The number of unbranched alkanes of at least 4 members (excludes halogenated alkanes) is 1. The van der Waals surface area contributed by atoms with Gasteiger partial charge in [0.25, 0.3) is 0 Å². The molecular weight excluding hydrogens is 124 g/mol. The number of hydrogen-bond donors (Lipinski definition) is 0. The lowest BCUT2D eigenvalue weighted by molar-refractivity contribution is 0.733. The molecule has 1 aromatic rings. The lowest BCUT2D eigenvalue weighted by Crippen LogP contribution is -1.93. The molecule has 2 heteroatoms. The molecule has 0 aliphatic carbocycles. The summed E-state index contributed by atoms with van der Waals surface area (Å²) >= 11 is 0. The maximum absolute atomic E-state index is 7.33. The smallest absolute Gasteiger partial charge is 0.104 e. The Morgan fingerprint density at radius 2 is 2.60 bits per heavy atom. The third kappa shape index (κ3) is 1.59. The molecule has 0 amide bonds. The van der Waals surface area contributed by atoms with E-state index in [0.717, 1.165) is 12.1 Å². The molecule has 1 aromatic heterocycles. The topological polar surface area (TPSA) is 17.8 Å². The summed E-state index contributed by atoms with van der Waals surface area (Å²) in [6.07, 6.45) is 5.56. The fourth-order valence-corrected chi connectivity index (χ4v) is 0.931. The van der Waals surface area contributed by atoms with E-state index in [0.29, 0.717) is 6.30 Å². The van der Waals surface area contributed by atoms with Crippen molar-refractivity contribution < 1.29 is 1.37 Å². The van der Waals surface area contributed by atoms with Gasteiger partial charge in [0.05, 0.1) is 6.30 Å². The first-order valence-corrected chi connectivity index (χ1v) is 3.73. The fraction of sp³-hybridized carbons (Fsp3) is 0.625. The van der Waals surface area contributed by atoms with E-state index in [4.69, 9.17) is 1.37 Å². The zero-order valence-electron chi connectivity index (χ0n) is 7.59. The van der Waals surface area contributed by atoms with Crippen LogP contribution in [0.2, 0.25) is 0 Å². The summed E-state index contributed by atoms with van der Waals surface area (Å²) in [5.41, 5.74) is 1.16. The van der Waals surface area contributed by atoms with Crippen LogP contribution in [0.15, 0.2) is 12.5 Å². The van der Waals surface area contributed by atoms with Crippen LogP contribution in [0.25, 0.3) is 0 Å². The Morgan fingerprint density at radius 3 is 3.10 bits per heavy atom. The molecule has 0 bridgehead atoms. The van der Waals surface area contributed by atoms with Crippen LogP contribution in [0, 0.1) is 0 Å². The second-order valence-corrected chi connectivity index (χ2v) is 2.51. The molecule has 0 spiro atoms. The normalized spacial score (nSPS) is 11.6. The number of rotatable bonds is 3. The Balaban J connectivity index is 2.63. The zero-order chi connectivity index (χ0) is 8.27. The van der Waals surface area contributed by atoms with Crippen LogP contribution in [0.3, 0.4) is 0 Å². The Bertz CT molecular complexity index is 230. The van der Waals surface area contributed by atoms with Crippen LogP contribution in [0.5, 0.6) is 0 Å². The summed E-state index contributed by atoms with van der Waals surface area (Å²) in [5.74, 6) is 0. The van der Waals surface area contributed by atoms with Crippen molar-refractivity contribution >= 4 is 0 Å². The fourth-order valence-electron chi connectivity index (χ4n) is 0.931. The number of aryl methyl sites for hydroxylation is 1. The lowest BCUT2D eigenvalue weighted by Gasteiger charge is -1.98. The summed E-state index contributed by atoms with van der Waals surface area (Å²) in [4.78, 5) is 3.90. The number of aromatic nitrogens is 2. The van der Waals surface area contributed by atoms with E-state index in [9.17, 15) is 0 Å². The second-order valence-electron chi connectivity index (χ2n) is 2.51. The summed E-state index contributed by atoms with van der Waals surface area (Å²) in [7, 11) is 1.89. The molecule has 0 saturated carbocycles. The van der Waals surface area contributed by atoms with Crippen molar-refractivity contribution in [2.24, 2.45) is 7.05 Å². The zero-order valence-corrected chi connectivity index (χ0v) is 6.59. The van der Waals surface area contributed by atoms with Gasteiger partial charge in [-0.15, -0.1) is 0 Å². The van der Waals surface area contributed by atoms with E-state index < -0.39 is 0 Å². The van der Waals surface area contributed by atoms with Gasteiger partial charge in [-0.25, -0.2) is 4.98 Å². The van der Waals surface area contributed by atoms with Gasteiger partial charge in [-0.3, -0.25) is 0 Å². The first kappa shape index (κ1) is 5.96. The standard InChI is InChI=1S/C8H14N2/c1-3-4-5-8-6-9-7-10(8)2/h6-7H,3-5H2,1-2H3/i7D. The van der Waals surface area contributed by atoms with Gasteiger partial charge < -0.3 is 4.57 Å². The summed E-state index contributed by atoms with van der Waals surface area (Å²) < 4.78 is 9.16. The van der Waals surface area contributed by atoms with Crippen LogP contribution in [-0.4, -0.2) is 9.55 Å². The molecule has 0 radical (unpaired) electrons. The minimum Gasteiger partial charge on any atom is -0.338 e. The van der Waals surface area contributed by atoms with Gasteiger partial charge in [0, 0.05) is 18.9 Å². The van der Waals surface area contributed by atoms with Gasteiger partial charge in [0.1, 0.15) is 1.37 Å². The monoisotopic (exact) mass is 139 g/mol. The molecule has 1 rings (SSSR count). The molecule has 0 unspecified atom stereocenters. The van der Waals surface area contributed by atoms with Gasteiger partial charge in [-0.1, -0.05) is 13.3 Å². The molecule has 0 fully saturated rings. The maximum atomic E-state index is 7.33. The Hall–Kier alpha value is -0.790. The minimum absolute atomic E-state index is 0.358. The molecule has 0 N–H and O–H groups in total. The van der Waals surface area contributed by atoms with Crippen LogP contribution < -0.4 is 0 Å². The van der Waals surface area contributed by atoms with E-state index >= 15 is 0 Å². The van der Waals surface area contributed by atoms with Crippen LogP contribution >= 0.6 is 0 Å². The predicted molar refractivity (Wildman–Crippen MR) is 41.8 cm³/mol. The molecule has 0 aliphatic heterocycles. The molecule has 10 heavy (non-hydrogen) atoms. The SMILES string of the molecule is [2H]c1ncc(CCCC)n1C. The summed E-state index contributed by atoms with van der Waals surface area (Å²) in [5, 5.41) is 0. The van der Waals surface area contributed by atoms with Gasteiger partial charge in [-0.05, 0) is 12.8 Å². The first-order valence-electron chi connectivity index (χ1n) is 4.23. The van der Waals surface area contributed by atoms with E-state index in [-0.39, 0.29) is 0 Å². The molecule has 0 aliphatic rings. The maximum Gasteiger partial charge on any atom is 0.104 e. The first-order chi connectivity index (χ1) is 5.25. The number of hydrogen-bond acceptors (Lipinski definition) is 1. The van der Waals surface area contributed by atoms with E-state index in [1.807, 2.05) is 11.6 Å². The number of nitrogens with zero attached hydrogens (tertiary/aromatic N) is 2. The molecular formula is C8H14N2. The van der Waals surface area contributed by atoms with Crippen LogP contribution in [-0.2, 0) is 13.5 Å². The van der Waals surface area contributed by atoms with Gasteiger partial charge >= 0.3 is 0 Å². The lowest BCUT2D eigenvalue weighted by atomic mass is 10.2.